The lowest BCUT2D eigenvalue weighted by Gasteiger charge is -2.31. The lowest BCUT2D eigenvalue weighted by atomic mass is 10.0. The van der Waals surface area contributed by atoms with E-state index in [0.29, 0.717) is 6.54 Å². The molecule has 0 aliphatic carbocycles. The number of carbonyl (C=O) groups excluding carboxylic acids is 1. The van der Waals surface area contributed by atoms with E-state index in [1.165, 1.54) is 0 Å². The molecule has 0 fully saturated rings. The highest BCUT2D eigenvalue weighted by molar-refractivity contribution is 7.98. The number of fused-ring (bicyclic) bond motifs is 3. The van der Waals surface area contributed by atoms with E-state index in [9.17, 15) is 4.79 Å². The van der Waals surface area contributed by atoms with Crippen molar-refractivity contribution in [3.05, 3.63) is 126 Å². The predicted octanol–water partition coefficient (Wildman–Crippen LogP) is 6.83. The minimum Gasteiger partial charge on any atom is -0.308 e. The van der Waals surface area contributed by atoms with Gasteiger partial charge in [0, 0.05) is 22.3 Å². The summed E-state index contributed by atoms with van der Waals surface area (Å²) in [6.07, 6.45) is 4.10. The van der Waals surface area contributed by atoms with Gasteiger partial charge >= 0.3 is 6.03 Å². The first-order valence-electron chi connectivity index (χ1n) is 12.2. The number of rotatable bonds is 4. The third kappa shape index (κ3) is 4.21. The Balaban J connectivity index is 1.51. The standard InChI is InChI=1S/C30H27N5OS/c1-21-26-20-34(30(36)31-23-13-9-16-25(19-23)37-2)28(22-11-5-3-6-12-22)27-17-10-18-33(27)29(26)35(32-21)24-14-7-4-8-15-24/h3-19,28H,20H2,1-2H3,(H,31,36). The molecule has 1 aliphatic rings. The molecule has 0 bridgehead atoms. The second kappa shape index (κ2) is 9.67. The van der Waals surface area contributed by atoms with Crippen LogP contribution in [0.15, 0.2) is 108 Å². The van der Waals surface area contributed by atoms with Crippen LogP contribution in [0.5, 0.6) is 0 Å². The first kappa shape index (κ1) is 23.2. The van der Waals surface area contributed by atoms with Crippen molar-refractivity contribution in [1.29, 1.82) is 0 Å². The van der Waals surface area contributed by atoms with E-state index in [2.05, 4.69) is 46.4 Å². The van der Waals surface area contributed by atoms with Crippen molar-refractivity contribution in [2.24, 2.45) is 0 Å². The van der Waals surface area contributed by atoms with Crippen molar-refractivity contribution in [3.63, 3.8) is 0 Å². The van der Waals surface area contributed by atoms with Crippen molar-refractivity contribution >= 4 is 23.5 Å². The Bertz CT molecular complexity index is 1560. The van der Waals surface area contributed by atoms with E-state index >= 15 is 0 Å². The number of urea groups is 1. The number of hydrogen-bond acceptors (Lipinski definition) is 3. The Kier molecular flexibility index (Phi) is 6.06. The number of aromatic nitrogens is 3. The molecule has 37 heavy (non-hydrogen) atoms. The lowest BCUT2D eigenvalue weighted by molar-refractivity contribution is 0.194. The molecule has 1 atom stereocenters. The quantitative estimate of drug-likeness (QED) is 0.272. The molecule has 0 saturated carbocycles. The van der Waals surface area contributed by atoms with Crippen LogP contribution in [0.4, 0.5) is 10.5 Å². The summed E-state index contributed by atoms with van der Waals surface area (Å²) in [5.41, 5.74) is 5.74. The molecule has 0 radical (unpaired) electrons. The third-order valence-corrected chi connectivity index (χ3v) is 7.51. The number of benzene rings is 3. The molecule has 2 amide bonds. The van der Waals surface area contributed by atoms with Gasteiger partial charge in [0.25, 0.3) is 0 Å². The van der Waals surface area contributed by atoms with Gasteiger partial charge in [0.05, 0.1) is 29.7 Å². The molecule has 6 nitrogen and oxygen atoms in total. The van der Waals surface area contributed by atoms with E-state index < -0.39 is 0 Å². The van der Waals surface area contributed by atoms with Crippen LogP contribution in [0.2, 0.25) is 0 Å². The summed E-state index contributed by atoms with van der Waals surface area (Å²) < 4.78 is 4.17. The largest absolute Gasteiger partial charge is 0.322 e. The molecule has 2 aromatic heterocycles. The summed E-state index contributed by atoms with van der Waals surface area (Å²) in [5, 5.41) is 8.08. The van der Waals surface area contributed by atoms with Crippen molar-refractivity contribution in [1.82, 2.24) is 19.2 Å². The molecule has 6 rings (SSSR count). The highest BCUT2D eigenvalue weighted by atomic mass is 32.2. The third-order valence-electron chi connectivity index (χ3n) is 6.78. The minimum absolute atomic E-state index is 0.153. The Morgan fingerprint density at radius 3 is 2.46 bits per heavy atom. The SMILES string of the molecule is CSc1cccc(NC(=O)N2Cc3c(C)nn(-c4ccccc4)c3-n3cccc3C2c2ccccc2)c1. The van der Waals surface area contributed by atoms with Crippen molar-refractivity contribution in [2.75, 3.05) is 11.6 Å². The molecule has 1 N–H and O–H groups in total. The van der Waals surface area contributed by atoms with E-state index in [1.54, 1.807) is 11.8 Å². The first-order chi connectivity index (χ1) is 18.1. The van der Waals surface area contributed by atoms with E-state index in [0.717, 1.165) is 44.6 Å². The zero-order valence-electron chi connectivity index (χ0n) is 20.7. The zero-order chi connectivity index (χ0) is 25.4. The van der Waals surface area contributed by atoms with Gasteiger partial charge in [-0.15, -0.1) is 11.8 Å². The van der Waals surface area contributed by atoms with Gasteiger partial charge < -0.3 is 14.8 Å². The summed E-state index contributed by atoms with van der Waals surface area (Å²) in [5.74, 6) is 0.962. The van der Waals surface area contributed by atoms with Gasteiger partial charge in [0.1, 0.15) is 5.82 Å². The van der Waals surface area contributed by atoms with E-state index in [-0.39, 0.29) is 12.1 Å². The van der Waals surface area contributed by atoms with Crippen LogP contribution in [0.3, 0.4) is 0 Å². The molecule has 3 heterocycles. The Morgan fingerprint density at radius 2 is 1.70 bits per heavy atom. The fourth-order valence-corrected chi connectivity index (χ4v) is 5.49. The van der Waals surface area contributed by atoms with Crippen molar-refractivity contribution in [3.8, 4) is 11.5 Å². The fourth-order valence-electron chi connectivity index (χ4n) is 5.03. The summed E-state index contributed by atoms with van der Waals surface area (Å²) >= 11 is 1.65. The average molecular weight is 506 g/mol. The molecule has 0 saturated heterocycles. The van der Waals surface area contributed by atoms with Gasteiger partial charge in [-0.25, -0.2) is 9.48 Å². The molecule has 7 heteroatoms. The number of anilines is 1. The van der Waals surface area contributed by atoms with Crippen LogP contribution >= 0.6 is 11.8 Å². The number of thioether (sulfide) groups is 1. The Hall–Kier alpha value is -4.23. The van der Waals surface area contributed by atoms with Gasteiger partial charge in [-0.2, -0.15) is 5.10 Å². The number of nitrogens with one attached hydrogen (secondary N) is 1. The number of carbonyl (C=O) groups is 1. The predicted molar refractivity (Wildman–Crippen MR) is 149 cm³/mol. The summed E-state index contributed by atoms with van der Waals surface area (Å²) in [4.78, 5) is 17.0. The van der Waals surface area contributed by atoms with Crippen LogP contribution in [0.1, 0.15) is 28.6 Å². The number of hydrogen-bond donors (Lipinski definition) is 1. The molecule has 3 aromatic carbocycles. The maximum Gasteiger partial charge on any atom is 0.322 e. The molecular weight excluding hydrogens is 478 g/mol. The molecule has 1 aliphatic heterocycles. The van der Waals surface area contributed by atoms with Crippen LogP contribution in [-0.4, -0.2) is 31.5 Å². The molecule has 184 valence electrons. The van der Waals surface area contributed by atoms with Gasteiger partial charge in [0.15, 0.2) is 0 Å². The second-order valence-corrected chi connectivity index (χ2v) is 9.92. The molecule has 1 unspecified atom stereocenters. The lowest BCUT2D eigenvalue weighted by Crippen LogP contribution is -2.38. The molecule has 0 spiro atoms. The monoisotopic (exact) mass is 505 g/mol. The normalized spacial score (nSPS) is 14.5. The van der Waals surface area contributed by atoms with Crippen LogP contribution < -0.4 is 5.32 Å². The summed E-state index contributed by atoms with van der Waals surface area (Å²) in [7, 11) is 0. The van der Waals surface area contributed by atoms with Crippen LogP contribution in [-0.2, 0) is 6.54 Å². The first-order valence-corrected chi connectivity index (χ1v) is 13.4. The maximum absolute atomic E-state index is 14.0. The van der Waals surface area contributed by atoms with Crippen molar-refractivity contribution < 1.29 is 4.79 Å². The number of nitrogens with zero attached hydrogens (tertiary/aromatic N) is 4. The zero-order valence-corrected chi connectivity index (χ0v) is 21.5. The smallest absolute Gasteiger partial charge is 0.308 e. The van der Waals surface area contributed by atoms with Crippen LogP contribution in [0.25, 0.3) is 11.5 Å². The fraction of sp³-hybridized carbons (Fsp3) is 0.133. The number of aryl methyl sites for hydroxylation is 1. The summed E-state index contributed by atoms with van der Waals surface area (Å²) in [6.45, 7) is 2.44. The van der Waals surface area contributed by atoms with Gasteiger partial charge in [-0.1, -0.05) is 54.6 Å². The number of para-hydroxylation sites is 1. The topological polar surface area (TPSA) is 55.1 Å². The van der Waals surface area contributed by atoms with Gasteiger partial charge in [0.2, 0.25) is 0 Å². The highest BCUT2D eigenvalue weighted by Crippen LogP contribution is 2.38. The molecular formula is C30H27N5OS. The van der Waals surface area contributed by atoms with E-state index in [1.807, 2.05) is 89.5 Å². The van der Waals surface area contributed by atoms with Gasteiger partial charge in [-0.05, 0) is 61.2 Å². The maximum atomic E-state index is 14.0. The average Bonchev–Trinajstić information content (AvgIpc) is 3.50. The summed E-state index contributed by atoms with van der Waals surface area (Å²) in [6, 6.07) is 32.0. The minimum atomic E-state index is -0.282. The number of amides is 2. The van der Waals surface area contributed by atoms with Crippen molar-refractivity contribution in [2.45, 2.75) is 24.4 Å². The highest BCUT2D eigenvalue weighted by Gasteiger charge is 2.36. The van der Waals surface area contributed by atoms with Gasteiger partial charge in [-0.3, -0.25) is 0 Å². The second-order valence-electron chi connectivity index (χ2n) is 9.04. The van der Waals surface area contributed by atoms with E-state index in [4.69, 9.17) is 5.10 Å². The Morgan fingerprint density at radius 1 is 0.946 bits per heavy atom. The molecule has 5 aromatic rings. The Labute approximate surface area is 220 Å². The van der Waals surface area contributed by atoms with Crippen LogP contribution in [0, 0.1) is 6.92 Å².